The molecular weight excluding hydrogens is 247 g/mol. The number of pyridine rings is 1. The third-order valence-corrected chi connectivity index (χ3v) is 2.74. The Kier molecular flexibility index (Phi) is 4.30. The van der Waals surface area contributed by atoms with Crippen LogP contribution in [0.2, 0.25) is 0 Å². The molecule has 0 spiro atoms. The van der Waals surface area contributed by atoms with Crippen LogP contribution < -0.4 is 10.1 Å². The van der Waals surface area contributed by atoms with Crippen molar-refractivity contribution in [1.82, 2.24) is 10.3 Å². The highest BCUT2D eigenvalue weighted by molar-refractivity contribution is 5.33. The number of aromatic hydroxyl groups is 1. The van der Waals surface area contributed by atoms with E-state index in [1.54, 1.807) is 25.4 Å². The number of hydrogen-bond donors (Lipinski definition) is 2. The lowest BCUT2D eigenvalue weighted by molar-refractivity contribution is 0.390. The number of phenols is 1. The van der Waals surface area contributed by atoms with Crippen LogP contribution in [-0.4, -0.2) is 17.2 Å². The number of halogens is 1. The van der Waals surface area contributed by atoms with Gasteiger partial charge in [0.25, 0.3) is 0 Å². The van der Waals surface area contributed by atoms with E-state index >= 15 is 0 Å². The van der Waals surface area contributed by atoms with Gasteiger partial charge in [0.1, 0.15) is 0 Å². The Morgan fingerprint density at radius 3 is 2.74 bits per heavy atom. The maximum atomic E-state index is 13.1. The molecule has 0 radical (unpaired) electrons. The van der Waals surface area contributed by atoms with E-state index in [-0.39, 0.29) is 5.75 Å². The van der Waals surface area contributed by atoms with E-state index in [1.165, 1.54) is 6.07 Å². The Morgan fingerprint density at radius 2 is 1.95 bits per heavy atom. The quantitative estimate of drug-likeness (QED) is 0.867. The monoisotopic (exact) mass is 262 g/mol. The smallest absolute Gasteiger partial charge is 0.217 e. The van der Waals surface area contributed by atoms with Crippen LogP contribution in [0.25, 0.3) is 0 Å². The average Bonchev–Trinajstić information content (AvgIpc) is 2.44. The minimum atomic E-state index is -0.613. The zero-order chi connectivity index (χ0) is 13.7. The van der Waals surface area contributed by atoms with Crippen LogP contribution in [0.5, 0.6) is 11.6 Å². The molecule has 0 unspecified atom stereocenters. The fourth-order valence-corrected chi connectivity index (χ4v) is 1.78. The molecule has 0 aliphatic carbocycles. The van der Waals surface area contributed by atoms with Crippen molar-refractivity contribution in [1.29, 1.82) is 0 Å². The fourth-order valence-electron chi connectivity index (χ4n) is 1.78. The second-order valence-electron chi connectivity index (χ2n) is 4.02. The molecule has 0 bridgehead atoms. The highest BCUT2D eigenvalue weighted by atomic mass is 19.1. The maximum absolute atomic E-state index is 13.1. The predicted octanol–water partition coefficient (Wildman–Crippen LogP) is 2.22. The van der Waals surface area contributed by atoms with Gasteiger partial charge in [0.15, 0.2) is 11.6 Å². The number of nitrogens with zero attached hydrogens (tertiary/aromatic N) is 1. The number of hydrogen-bond acceptors (Lipinski definition) is 4. The average molecular weight is 262 g/mol. The van der Waals surface area contributed by atoms with E-state index in [4.69, 9.17) is 4.74 Å². The summed E-state index contributed by atoms with van der Waals surface area (Å²) in [6.07, 6.45) is 1.65. The van der Waals surface area contributed by atoms with Gasteiger partial charge in [-0.2, -0.15) is 0 Å². The first-order valence-electron chi connectivity index (χ1n) is 5.87. The minimum Gasteiger partial charge on any atom is -0.505 e. The topological polar surface area (TPSA) is 54.4 Å². The van der Waals surface area contributed by atoms with Crippen molar-refractivity contribution < 1.29 is 14.2 Å². The number of para-hydroxylation sites is 1. The molecule has 19 heavy (non-hydrogen) atoms. The van der Waals surface area contributed by atoms with Crippen molar-refractivity contribution in [2.24, 2.45) is 0 Å². The van der Waals surface area contributed by atoms with Gasteiger partial charge in [-0.15, -0.1) is 0 Å². The molecule has 1 aromatic carbocycles. The molecule has 1 heterocycles. The second kappa shape index (κ2) is 6.15. The van der Waals surface area contributed by atoms with Crippen molar-refractivity contribution in [2.75, 3.05) is 7.11 Å². The lowest BCUT2D eigenvalue weighted by Crippen LogP contribution is -2.14. The van der Waals surface area contributed by atoms with E-state index in [2.05, 4.69) is 10.3 Å². The van der Waals surface area contributed by atoms with Crippen LogP contribution in [0.3, 0.4) is 0 Å². The summed E-state index contributed by atoms with van der Waals surface area (Å²) >= 11 is 0. The third kappa shape index (κ3) is 3.20. The molecule has 2 aromatic rings. The van der Waals surface area contributed by atoms with Gasteiger partial charge < -0.3 is 15.2 Å². The van der Waals surface area contributed by atoms with Gasteiger partial charge in [0.05, 0.1) is 7.11 Å². The number of aromatic nitrogens is 1. The summed E-state index contributed by atoms with van der Waals surface area (Å²) in [7, 11) is 1.56. The summed E-state index contributed by atoms with van der Waals surface area (Å²) in [4.78, 5) is 4.08. The van der Waals surface area contributed by atoms with E-state index in [1.807, 2.05) is 12.1 Å². The molecular formula is C14H15FN2O2. The molecule has 0 amide bonds. The van der Waals surface area contributed by atoms with Crippen molar-refractivity contribution in [3.63, 3.8) is 0 Å². The lowest BCUT2D eigenvalue weighted by atomic mass is 10.2. The van der Waals surface area contributed by atoms with E-state index in [0.29, 0.717) is 24.5 Å². The summed E-state index contributed by atoms with van der Waals surface area (Å²) < 4.78 is 18.3. The Morgan fingerprint density at radius 1 is 1.21 bits per heavy atom. The highest BCUT2D eigenvalue weighted by Crippen LogP contribution is 2.20. The SMILES string of the molecule is COc1ncccc1CNCc1cccc(F)c1O. The number of phenolic OH excluding ortho intramolecular Hbond substituents is 1. The number of methoxy groups -OCH3 is 1. The molecule has 0 saturated heterocycles. The fraction of sp³-hybridized carbons (Fsp3) is 0.214. The van der Waals surface area contributed by atoms with Crippen LogP contribution in [0, 0.1) is 5.82 Å². The highest BCUT2D eigenvalue weighted by Gasteiger charge is 2.07. The van der Waals surface area contributed by atoms with Crippen LogP contribution in [0.1, 0.15) is 11.1 Å². The van der Waals surface area contributed by atoms with Crippen molar-refractivity contribution in [3.05, 3.63) is 53.5 Å². The van der Waals surface area contributed by atoms with Gasteiger partial charge in [-0.3, -0.25) is 0 Å². The molecule has 1 aromatic heterocycles. The molecule has 0 fully saturated rings. The van der Waals surface area contributed by atoms with Gasteiger partial charge >= 0.3 is 0 Å². The minimum absolute atomic E-state index is 0.312. The van der Waals surface area contributed by atoms with Crippen LogP contribution >= 0.6 is 0 Å². The van der Waals surface area contributed by atoms with E-state index in [0.717, 1.165) is 5.56 Å². The predicted molar refractivity (Wildman–Crippen MR) is 69.4 cm³/mol. The first kappa shape index (κ1) is 13.3. The second-order valence-corrected chi connectivity index (χ2v) is 4.02. The lowest BCUT2D eigenvalue weighted by Gasteiger charge is -2.09. The number of rotatable bonds is 5. The summed E-state index contributed by atoms with van der Waals surface area (Å²) in [5, 5.41) is 12.7. The van der Waals surface area contributed by atoms with Crippen LogP contribution in [0.4, 0.5) is 4.39 Å². The summed E-state index contributed by atoms with van der Waals surface area (Å²) in [5.74, 6) is -0.370. The molecule has 2 rings (SSSR count). The van der Waals surface area contributed by atoms with Crippen LogP contribution in [-0.2, 0) is 13.1 Å². The zero-order valence-corrected chi connectivity index (χ0v) is 10.6. The Balaban J connectivity index is 1.98. The van der Waals surface area contributed by atoms with Gasteiger partial charge in [-0.1, -0.05) is 18.2 Å². The van der Waals surface area contributed by atoms with Gasteiger partial charge in [-0.05, 0) is 12.1 Å². The van der Waals surface area contributed by atoms with E-state index < -0.39 is 5.82 Å². The molecule has 2 N–H and O–H groups in total. The molecule has 0 aliphatic heterocycles. The first-order valence-corrected chi connectivity index (χ1v) is 5.87. The Bertz CT molecular complexity index is 561. The number of nitrogens with one attached hydrogen (secondary N) is 1. The molecule has 0 aliphatic rings. The third-order valence-electron chi connectivity index (χ3n) is 2.74. The molecule has 0 atom stereocenters. The number of ether oxygens (including phenoxy) is 1. The summed E-state index contributed by atoms with van der Waals surface area (Å²) in [6.45, 7) is 0.884. The first-order chi connectivity index (χ1) is 9.22. The molecule has 100 valence electrons. The molecule has 4 nitrogen and oxygen atoms in total. The molecule has 0 saturated carbocycles. The zero-order valence-electron chi connectivity index (χ0n) is 10.6. The Hall–Kier alpha value is -2.14. The van der Waals surface area contributed by atoms with Crippen LogP contribution in [0.15, 0.2) is 36.5 Å². The van der Waals surface area contributed by atoms with Gasteiger partial charge in [-0.25, -0.2) is 9.37 Å². The van der Waals surface area contributed by atoms with Crippen molar-refractivity contribution in [3.8, 4) is 11.6 Å². The van der Waals surface area contributed by atoms with Gasteiger partial charge in [0.2, 0.25) is 5.88 Å². The normalized spacial score (nSPS) is 10.4. The largest absolute Gasteiger partial charge is 0.505 e. The van der Waals surface area contributed by atoms with Crippen molar-refractivity contribution in [2.45, 2.75) is 13.1 Å². The maximum Gasteiger partial charge on any atom is 0.217 e. The van der Waals surface area contributed by atoms with Gasteiger partial charge in [0, 0.05) is 30.4 Å². The summed E-state index contributed by atoms with van der Waals surface area (Å²) in [6, 6.07) is 8.18. The number of benzene rings is 1. The molecule has 5 heteroatoms. The standard InChI is InChI=1S/C14H15FN2O2/c1-19-14-11(5-3-7-17-14)9-16-8-10-4-2-6-12(15)13(10)18/h2-7,16,18H,8-9H2,1H3. The Labute approximate surface area is 110 Å². The van der Waals surface area contributed by atoms with Crippen molar-refractivity contribution >= 4 is 0 Å². The van der Waals surface area contributed by atoms with E-state index in [9.17, 15) is 9.50 Å². The summed E-state index contributed by atoms with van der Waals surface area (Å²) in [5.41, 5.74) is 1.42.